The Morgan fingerprint density at radius 2 is 2.12 bits per heavy atom. The molecular weight excluding hydrogens is 307 g/mol. The Kier molecular flexibility index (Phi) is 3.72. The van der Waals surface area contributed by atoms with Crippen LogP contribution in [0.3, 0.4) is 0 Å². The van der Waals surface area contributed by atoms with Crippen LogP contribution in [0.1, 0.15) is 35.7 Å². The van der Waals surface area contributed by atoms with Gasteiger partial charge in [-0.05, 0) is 31.9 Å². The standard InChI is InChI=1S/C18H17FN4O/c1-12-3-2-4-18(20-12)24-11-14-7-8-15(9-16(14)19)23-10-17(21-22-23)13-5-6-13/h2-4,7-10,13H,5-6,11H2,1H3. The lowest BCUT2D eigenvalue weighted by Crippen LogP contribution is -2.02. The minimum Gasteiger partial charge on any atom is -0.473 e. The number of nitrogens with zero attached hydrogens (tertiary/aromatic N) is 4. The highest BCUT2D eigenvalue weighted by molar-refractivity contribution is 5.35. The fraction of sp³-hybridized carbons (Fsp3) is 0.278. The summed E-state index contributed by atoms with van der Waals surface area (Å²) < 4.78 is 21.5. The third kappa shape index (κ3) is 3.13. The number of pyridine rings is 1. The molecule has 5 nitrogen and oxygen atoms in total. The van der Waals surface area contributed by atoms with E-state index < -0.39 is 0 Å². The molecule has 1 aliphatic rings. The van der Waals surface area contributed by atoms with Crippen molar-refractivity contribution in [3.05, 3.63) is 65.4 Å². The van der Waals surface area contributed by atoms with Crippen LogP contribution in [0.15, 0.2) is 42.6 Å². The summed E-state index contributed by atoms with van der Waals surface area (Å²) in [4.78, 5) is 4.24. The molecule has 0 saturated heterocycles. The maximum atomic E-state index is 14.3. The summed E-state index contributed by atoms with van der Waals surface area (Å²) >= 11 is 0. The quantitative estimate of drug-likeness (QED) is 0.720. The van der Waals surface area contributed by atoms with Gasteiger partial charge in [0.25, 0.3) is 0 Å². The van der Waals surface area contributed by atoms with E-state index in [1.54, 1.807) is 16.8 Å². The molecule has 0 unspecified atom stereocenters. The molecule has 0 aliphatic heterocycles. The topological polar surface area (TPSA) is 52.8 Å². The largest absolute Gasteiger partial charge is 0.473 e. The molecule has 1 fully saturated rings. The zero-order valence-corrected chi connectivity index (χ0v) is 13.3. The molecule has 1 aromatic carbocycles. The van der Waals surface area contributed by atoms with Crippen LogP contribution < -0.4 is 4.74 Å². The summed E-state index contributed by atoms with van der Waals surface area (Å²) in [5.41, 5.74) is 2.98. The molecule has 1 aliphatic carbocycles. The number of aromatic nitrogens is 4. The number of rotatable bonds is 5. The van der Waals surface area contributed by atoms with E-state index in [2.05, 4.69) is 15.3 Å². The summed E-state index contributed by atoms with van der Waals surface area (Å²) in [6, 6.07) is 10.5. The number of benzene rings is 1. The first-order valence-electron chi connectivity index (χ1n) is 7.96. The van der Waals surface area contributed by atoms with Gasteiger partial charge in [0.2, 0.25) is 5.88 Å². The predicted molar refractivity (Wildman–Crippen MR) is 86.6 cm³/mol. The first-order valence-corrected chi connectivity index (χ1v) is 7.96. The smallest absolute Gasteiger partial charge is 0.213 e. The molecule has 0 bridgehead atoms. The monoisotopic (exact) mass is 324 g/mol. The second kappa shape index (κ2) is 6.03. The Hall–Kier alpha value is -2.76. The summed E-state index contributed by atoms with van der Waals surface area (Å²) in [6.07, 6.45) is 4.20. The van der Waals surface area contributed by atoms with Gasteiger partial charge in [0.1, 0.15) is 12.4 Å². The summed E-state index contributed by atoms with van der Waals surface area (Å²) in [7, 11) is 0. The van der Waals surface area contributed by atoms with E-state index >= 15 is 0 Å². The second-order valence-corrected chi connectivity index (χ2v) is 6.04. The summed E-state index contributed by atoms with van der Waals surface area (Å²) in [6.45, 7) is 2.02. The van der Waals surface area contributed by atoms with Gasteiger partial charge in [0.05, 0.1) is 17.6 Å². The number of aryl methyl sites for hydroxylation is 1. The Morgan fingerprint density at radius 1 is 1.25 bits per heavy atom. The highest BCUT2D eigenvalue weighted by Gasteiger charge is 2.26. The number of hydrogen-bond donors (Lipinski definition) is 0. The minimum atomic E-state index is -0.330. The van der Waals surface area contributed by atoms with Crippen molar-refractivity contribution in [2.45, 2.75) is 32.3 Å². The van der Waals surface area contributed by atoms with Crippen molar-refractivity contribution >= 4 is 0 Å². The van der Waals surface area contributed by atoms with Crippen LogP contribution in [0.25, 0.3) is 5.69 Å². The Bertz CT molecular complexity index is 873. The number of halogens is 1. The zero-order valence-electron chi connectivity index (χ0n) is 13.3. The fourth-order valence-corrected chi connectivity index (χ4v) is 2.51. The lowest BCUT2D eigenvalue weighted by molar-refractivity contribution is 0.287. The molecule has 24 heavy (non-hydrogen) atoms. The van der Waals surface area contributed by atoms with E-state index in [9.17, 15) is 4.39 Å². The fourth-order valence-electron chi connectivity index (χ4n) is 2.51. The Morgan fingerprint density at radius 3 is 2.88 bits per heavy atom. The van der Waals surface area contributed by atoms with E-state index in [0.29, 0.717) is 23.0 Å². The molecule has 0 atom stereocenters. The molecule has 122 valence electrons. The number of hydrogen-bond acceptors (Lipinski definition) is 4. The van der Waals surface area contributed by atoms with Gasteiger partial charge in [0, 0.05) is 29.3 Å². The minimum absolute atomic E-state index is 0.132. The van der Waals surface area contributed by atoms with Gasteiger partial charge >= 0.3 is 0 Å². The Labute approximate surface area is 139 Å². The molecule has 1 saturated carbocycles. The molecule has 4 rings (SSSR count). The van der Waals surface area contributed by atoms with Crippen LogP contribution >= 0.6 is 0 Å². The van der Waals surface area contributed by atoms with Gasteiger partial charge in [0.15, 0.2) is 0 Å². The van der Waals surface area contributed by atoms with Crippen molar-refractivity contribution in [1.29, 1.82) is 0 Å². The van der Waals surface area contributed by atoms with Gasteiger partial charge in [-0.1, -0.05) is 17.3 Å². The van der Waals surface area contributed by atoms with Crippen LogP contribution in [-0.4, -0.2) is 20.0 Å². The van der Waals surface area contributed by atoms with Crippen molar-refractivity contribution in [3.63, 3.8) is 0 Å². The normalized spacial score (nSPS) is 13.9. The van der Waals surface area contributed by atoms with E-state index in [-0.39, 0.29) is 12.4 Å². The van der Waals surface area contributed by atoms with Crippen molar-refractivity contribution in [2.75, 3.05) is 0 Å². The molecule has 3 aromatic rings. The third-order valence-electron chi connectivity index (χ3n) is 4.05. The Balaban J connectivity index is 1.48. The van der Waals surface area contributed by atoms with E-state index in [1.807, 2.05) is 31.3 Å². The van der Waals surface area contributed by atoms with Gasteiger partial charge < -0.3 is 4.74 Å². The van der Waals surface area contributed by atoms with E-state index in [0.717, 1.165) is 24.2 Å². The molecule has 0 spiro atoms. The molecule has 0 radical (unpaired) electrons. The summed E-state index contributed by atoms with van der Waals surface area (Å²) in [5, 5.41) is 8.23. The highest BCUT2D eigenvalue weighted by atomic mass is 19.1. The van der Waals surface area contributed by atoms with Crippen LogP contribution in [0.4, 0.5) is 4.39 Å². The van der Waals surface area contributed by atoms with Crippen LogP contribution in [0.2, 0.25) is 0 Å². The first kappa shape index (κ1) is 14.8. The zero-order chi connectivity index (χ0) is 16.5. The highest BCUT2D eigenvalue weighted by Crippen LogP contribution is 2.38. The van der Waals surface area contributed by atoms with Crippen LogP contribution in [0.5, 0.6) is 5.88 Å². The molecule has 0 amide bonds. The van der Waals surface area contributed by atoms with Gasteiger partial charge in [-0.3, -0.25) is 0 Å². The molecule has 6 heteroatoms. The maximum Gasteiger partial charge on any atom is 0.213 e. The van der Waals surface area contributed by atoms with Crippen LogP contribution in [0, 0.1) is 12.7 Å². The van der Waals surface area contributed by atoms with Crippen LogP contribution in [-0.2, 0) is 6.61 Å². The SMILES string of the molecule is Cc1cccc(OCc2ccc(-n3cc(C4CC4)nn3)cc2F)n1. The van der Waals surface area contributed by atoms with Gasteiger partial charge in [-0.25, -0.2) is 14.1 Å². The second-order valence-electron chi connectivity index (χ2n) is 6.04. The first-order chi connectivity index (χ1) is 11.7. The average molecular weight is 324 g/mol. The van der Waals surface area contributed by atoms with Crippen molar-refractivity contribution in [1.82, 2.24) is 20.0 Å². The molecule has 0 N–H and O–H groups in total. The van der Waals surface area contributed by atoms with E-state index in [1.165, 1.54) is 6.07 Å². The third-order valence-corrected chi connectivity index (χ3v) is 4.05. The van der Waals surface area contributed by atoms with Crippen molar-refractivity contribution < 1.29 is 9.13 Å². The number of ether oxygens (including phenoxy) is 1. The van der Waals surface area contributed by atoms with Gasteiger partial charge in [-0.2, -0.15) is 0 Å². The summed E-state index contributed by atoms with van der Waals surface area (Å²) in [5.74, 6) is 0.686. The molecule has 2 heterocycles. The maximum absolute atomic E-state index is 14.3. The predicted octanol–water partition coefficient (Wildman–Crippen LogP) is 3.57. The average Bonchev–Trinajstić information content (AvgIpc) is 3.31. The molecule has 2 aromatic heterocycles. The lowest BCUT2D eigenvalue weighted by Gasteiger charge is -2.08. The lowest BCUT2D eigenvalue weighted by atomic mass is 10.2. The van der Waals surface area contributed by atoms with Crippen molar-refractivity contribution in [2.24, 2.45) is 0 Å². The van der Waals surface area contributed by atoms with E-state index in [4.69, 9.17) is 4.74 Å². The van der Waals surface area contributed by atoms with Crippen molar-refractivity contribution in [3.8, 4) is 11.6 Å². The molecular formula is C18H17FN4O. The van der Waals surface area contributed by atoms with Gasteiger partial charge in [-0.15, -0.1) is 5.10 Å².